The molecule has 0 bridgehead atoms. The molecule has 0 amide bonds. The normalized spacial score (nSPS) is 12.5. The van der Waals surface area contributed by atoms with Gasteiger partial charge in [0.2, 0.25) is 0 Å². The quantitative estimate of drug-likeness (QED) is 0.637. The molecule has 0 aliphatic heterocycles. The molecule has 2 aromatic rings. The highest BCUT2D eigenvalue weighted by Crippen LogP contribution is 2.34. The minimum absolute atomic E-state index is 0.120. The van der Waals surface area contributed by atoms with Crippen LogP contribution in [0.3, 0.4) is 0 Å². The Labute approximate surface area is 121 Å². The number of rotatable bonds is 2. The van der Waals surface area contributed by atoms with Crippen LogP contribution in [0.25, 0.3) is 0 Å². The van der Waals surface area contributed by atoms with E-state index in [0.717, 1.165) is 17.7 Å². The molecule has 0 aromatic heterocycles. The van der Waals surface area contributed by atoms with Crippen molar-refractivity contribution in [1.29, 1.82) is 0 Å². The maximum atomic E-state index is 13.9. The predicted molar refractivity (Wildman–Crippen MR) is 75.0 cm³/mol. The molecule has 100 valence electrons. The zero-order valence-electron chi connectivity index (χ0n) is 10.5. The summed E-state index contributed by atoms with van der Waals surface area (Å²) in [5.74, 6) is -0.986. The lowest BCUT2D eigenvalue weighted by Gasteiger charge is -2.15. The van der Waals surface area contributed by atoms with Crippen LogP contribution in [0.2, 0.25) is 5.02 Å². The van der Waals surface area contributed by atoms with Crippen LogP contribution < -0.4 is 0 Å². The van der Waals surface area contributed by atoms with Crippen LogP contribution >= 0.6 is 23.2 Å². The summed E-state index contributed by atoms with van der Waals surface area (Å²) in [6.45, 7) is 3.36. The van der Waals surface area contributed by atoms with Gasteiger partial charge in [0, 0.05) is 10.6 Å². The summed E-state index contributed by atoms with van der Waals surface area (Å²) in [4.78, 5) is 0. The van der Waals surface area contributed by atoms with Crippen molar-refractivity contribution in [3.63, 3.8) is 0 Å². The molecule has 0 aliphatic carbocycles. The highest BCUT2D eigenvalue weighted by molar-refractivity contribution is 6.31. The van der Waals surface area contributed by atoms with Crippen LogP contribution in [-0.4, -0.2) is 0 Å². The summed E-state index contributed by atoms with van der Waals surface area (Å²) in [7, 11) is 0. The first-order chi connectivity index (χ1) is 8.90. The van der Waals surface area contributed by atoms with E-state index in [1.165, 1.54) is 6.92 Å². The molecule has 0 heterocycles. The lowest BCUT2D eigenvalue weighted by molar-refractivity contribution is 0.580. The van der Waals surface area contributed by atoms with E-state index in [1.54, 1.807) is 18.2 Å². The summed E-state index contributed by atoms with van der Waals surface area (Å²) >= 11 is 12.2. The Hall–Kier alpha value is -1.12. The van der Waals surface area contributed by atoms with Crippen molar-refractivity contribution in [1.82, 2.24) is 0 Å². The molecule has 0 aliphatic rings. The highest BCUT2D eigenvalue weighted by atomic mass is 35.5. The third kappa shape index (κ3) is 2.90. The monoisotopic (exact) mass is 300 g/mol. The molecule has 0 N–H and O–H groups in total. The molecular formula is C15H12Cl2F2. The SMILES string of the molecule is Cc1cc(F)c(C(Cl)c2cc(Cl)ccc2C)cc1F. The van der Waals surface area contributed by atoms with Gasteiger partial charge < -0.3 is 0 Å². The third-order valence-electron chi connectivity index (χ3n) is 3.07. The summed E-state index contributed by atoms with van der Waals surface area (Å²) in [5.41, 5.74) is 1.93. The second-order valence-electron chi connectivity index (χ2n) is 4.49. The lowest BCUT2D eigenvalue weighted by atomic mass is 9.98. The molecule has 0 saturated heterocycles. The Morgan fingerprint density at radius 1 is 0.895 bits per heavy atom. The van der Waals surface area contributed by atoms with E-state index in [1.807, 2.05) is 6.92 Å². The summed E-state index contributed by atoms with van der Waals surface area (Å²) < 4.78 is 27.5. The Bertz CT molecular complexity index is 624. The summed E-state index contributed by atoms with van der Waals surface area (Å²) in [6.07, 6.45) is 0. The molecule has 4 heteroatoms. The Morgan fingerprint density at radius 3 is 2.26 bits per heavy atom. The predicted octanol–water partition coefficient (Wildman–Crippen LogP) is 5.56. The molecule has 0 spiro atoms. The van der Waals surface area contributed by atoms with E-state index in [0.29, 0.717) is 10.6 Å². The molecule has 19 heavy (non-hydrogen) atoms. The largest absolute Gasteiger partial charge is 0.207 e. The fraction of sp³-hybridized carbons (Fsp3) is 0.200. The second-order valence-corrected chi connectivity index (χ2v) is 5.36. The van der Waals surface area contributed by atoms with Gasteiger partial charge in [0.25, 0.3) is 0 Å². The number of alkyl halides is 1. The first-order valence-electron chi connectivity index (χ1n) is 5.76. The Kier molecular flexibility index (Phi) is 4.12. The van der Waals surface area contributed by atoms with Crippen molar-refractivity contribution in [3.05, 3.63) is 69.2 Å². The van der Waals surface area contributed by atoms with Gasteiger partial charge in [-0.3, -0.25) is 0 Å². The van der Waals surface area contributed by atoms with Gasteiger partial charge in [-0.05, 0) is 54.8 Å². The Morgan fingerprint density at radius 2 is 1.58 bits per heavy atom. The van der Waals surface area contributed by atoms with Crippen LogP contribution in [0, 0.1) is 25.5 Å². The van der Waals surface area contributed by atoms with Gasteiger partial charge in [-0.1, -0.05) is 17.7 Å². The van der Waals surface area contributed by atoms with E-state index < -0.39 is 17.0 Å². The van der Waals surface area contributed by atoms with E-state index in [4.69, 9.17) is 23.2 Å². The number of benzene rings is 2. The number of aryl methyl sites for hydroxylation is 2. The molecular weight excluding hydrogens is 289 g/mol. The molecule has 1 unspecified atom stereocenters. The minimum Gasteiger partial charge on any atom is -0.207 e. The Balaban J connectivity index is 2.52. The standard InChI is InChI=1S/C15H12Cl2F2/c1-8-3-4-10(16)6-11(8)15(17)12-7-13(18)9(2)5-14(12)19/h3-7,15H,1-2H3. The van der Waals surface area contributed by atoms with Gasteiger partial charge >= 0.3 is 0 Å². The highest BCUT2D eigenvalue weighted by Gasteiger charge is 2.19. The van der Waals surface area contributed by atoms with Gasteiger partial charge in [-0.25, -0.2) is 8.78 Å². The topological polar surface area (TPSA) is 0 Å². The first-order valence-corrected chi connectivity index (χ1v) is 6.57. The first kappa shape index (κ1) is 14.3. The zero-order valence-corrected chi connectivity index (χ0v) is 12.0. The molecule has 2 aromatic carbocycles. The average Bonchev–Trinajstić information content (AvgIpc) is 2.36. The fourth-order valence-electron chi connectivity index (χ4n) is 1.91. The van der Waals surface area contributed by atoms with Crippen molar-refractivity contribution in [2.45, 2.75) is 19.2 Å². The number of hydrogen-bond acceptors (Lipinski definition) is 0. The van der Waals surface area contributed by atoms with Gasteiger partial charge in [-0.2, -0.15) is 0 Å². The zero-order chi connectivity index (χ0) is 14.2. The van der Waals surface area contributed by atoms with Gasteiger partial charge in [0.15, 0.2) is 0 Å². The molecule has 0 radical (unpaired) electrons. The summed E-state index contributed by atoms with van der Waals surface area (Å²) in [5, 5.41) is -0.256. The van der Waals surface area contributed by atoms with Gasteiger partial charge in [0.05, 0.1) is 5.38 Å². The van der Waals surface area contributed by atoms with E-state index in [9.17, 15) is 8.78 Å². The van der Waals surface area contributed by atoms with E-state index in [-0.39, 0.29) is 11.1 Å². The van der Waals surface area contributed by atoms with Gasteiger partial charge in [0.1, 0.15) is 11.6 Å². The third-order valence-corrected chi connectivity index (χ3v) is 3.77. The molecule has 0 fully saturated rings. The summed E-state index contributed by atoms with van der Waals surface area (Å²) in [6, 6.07) is 7.50. The molecule has 0 saturated carbocycles. The fourth-order valence-corrected chi connectivity index (χ4v) is 2.49. The molecule has 0 nitrogen and oxygen atoms in total. The van der Waals surface area contributed by atoms with Crippen LogP contribution in [0.5, 0.6) is 0 Å². The smallest absolute Gasteiger partial charge is 0.128 e. The molecule has 2 rings (SSSR count). The molecule has 1 atom stereocenters. The van der Waals surface area contributed by atoms with Crippen LogP contribution in [-0.2, 0) is 0 Å². The van der Waals surface area contributed by atoms with E-state index >= 15 is 0 Å². The second kappa shape index (κ2) is 5.48. The van der Waals surface area contributed by atoms with Crippen molar-refractivity contribution >= 4 is 23.2 Å². The van der Waals surface area contributed by atoms with Gasteiger partial charge in [-0.15, -0.1) is 11.6 Å². The van der Waals surface area contributed by atoms with Crippen LogP contribution in [0.1, 0.15) is 27.6 Å². The maximum Gasteiger partial charge on any atom is 0.128 e. The van der Waals surface area contributed by atoms with Crippen molar-refractivity contribution < 1.29 is 8.78 Å². The van der Waals surface area contributed by atoms with Crippen LogP contribution in [0.4, 0.5) is 8.78 Å². The van der Waals surface area contributed by atoms with E-state index in [2.05, 4.69) is 0 Å². The number of halogens is 4. The van der Waals surface area contributed by atoms with Crippen molar-refractivity contribution in [2.75, 3.05) is 0 Å². The minimum atomic E-state index is -0.770. The number of hydrogen-bond donors (Lipinski definition) is 0. The van der Waals surface area contributed by atoms with Crippen LogP contribution in [0.15, 0.2) is 30.3 Å². The maximum absolute atomic E-state index is 13.9. The lowest BCUT2D eigenvalue weighted by Crippen LogP contribution is -2.01. The average molecular weight is 301 g/mol. The van der Waals surface area contributed by atoms with Crippen molar-refractivity contribution in [2.24, 2.45) is 0 Å². The van der Waals surface area contributed by atoms with Crippen molar-refractivity contribution in [3.8, 4) is 0 Å².